The van der Waals surface area contributed by atoms with Crippen LogP contribution >= 0.6 is 11.6 Å². The summed E-state index contributed by atoms with van der Waals surface area (Å²) in [6.45, 7) is 3.84. The van der Waals surface area contributed by atoms with Gasteiger partial charge in [0.2, 0.25) is 0 Å². The van der Waals surface area contributed by atoms with Crippen LogP contribution in [0.1, 0.15) is 31.3 Å². The van der Waals surface area contributed by atoms with E-state index in [1.54, 1.807) is 6.07 Å². The van der Waals surface area contributed by atoms with Crippen LogP contribution in [0.5, 0.6) is 0 Å². The van der Waals surface area contributed by atoms with Crippen molar-refractivity contribution in [2.45, 2.75) is 26.1 Å². The number of aromatic nitrogens is 4. The first-order chi connectivity index (χ1) is 14.1. The van der Waals surface area contributed by atoms with E-state index in [1.165, 1.54) is 23.9 Å². The zero-order valence-corrected chi connectivity index (χ0v) is 16.9. The molecule has 12 heteroatoms. The van der Waals surface area contributed by atoms with Crippen LogP contribution in [0.3, 0.4) is 0 Å². The maximum atomic E-state index is 12.8. The van der Waals surface area contributed by atoms with Gasteiger partial charge >= 0.3 is 12.2 Å². The van der Waals surface area contributed by atoms with E-state index < -0.39 is 24.0 Å². The molecule has 30 heavy (non-hydrogen) atoms. The second-order valence-corrected chi connectivity index (χ2v) is 7.09. The molecule has 0 aliphatic carbocycles. The minimum atomic E-state index is -4.63. The van der Waals surface area contributed by atoms with E-state index >= 15 is 0 Å². The number of rotatable bonds is 5. The summed E-state index contributed by atoms with van der Waals surface area (Å²) in [6.07, 6.45) is -2.73. The highest BCUT2D eigenvalue weighted by Gasteiger charge is 2.32. The zero-order valence-electron chi connectivity index (χ0n) is 16.2. The summed E-state index contributed by atoms with van der Waals surface area (Å²) in [7, 11) is 1.52. The number of alkyl halides is 3. The Morgan fingerprint density at radius 2 is 1.97 bits per heavy atom. The van der Waals surface area contributed by atoms with Crippen molar-refractivity contribution in [1.82, 2.24) is 19.6 Å². The van der Waals surface area contributed by atoms with Crippen LogP contribution in [0.4, 0.5) is 29.3 Å². The van der Waals surface area contributed by atoms with Crippen LogP contribution in [-0.2, 0) is 10.9 Å². The number of halogens is 4. The lowest BCUT2D eigenvalue weighted by molar-refractivity contribution is -0.141. The molecule has 0 aliphatic rings. The van der Waals surface area contributed by atoms with Crippen molar-refractivity contribution in [2.24, 2.45) is 5.92 Å². The number of anilines is 2. The van der Waals surface area contributed by atoms with Gasteiger partial charge in [-0.2, -0.15) is 18.3 Å². The number of amides is 2. The summed E-state index contributed by atoms with van der Waals surface area (Å²) >= 11 is 5.99. The van der Waals surface area contributed by atoms with Gasteiger partial charge in [-0.15, -0.1) is 0 Å². The van der Waals surface area contributed by atoms with Crippen LogP contribution in [0.25, 0.3) is 5.65 Å². The quantitative estimate of drug-likeness (QED) is 0.593. The largest absolute Gasteiger partial charge is 0.433 e. The van der Waals surface area contributed by atoms with Crippen LogP contribution in [0.2, 0.25) is 5.15 Å². The number of fused-ring (bicyclic) bond motifs is 1. The van der Waals surface area contributed by atoms with Gasteiger partial charge in [-0.3, -0.25) is 4.98 Å². The number of nitrogens with zero attached hydrogens (tertiary/aromatic N) is 4. The fraction of sp³-hybridized carbons (Fsp3) is 0.333. The van der Waals surface area contributed by atoms with Crippen molar-refractivity contribution in [3.8, 4) is 0 Å². The Hall–Kier alpha value is -2.92. The standard InChI is InChI=1S/C18H18ClF3N6O2/c1-9(2)16(30-3)15-11(8-24-14-7-13(19)27-28(14)15)26-17(29)25-10-4-5-23-12(6-10)18(20,21)22/h4-9,16H,1-3H3,(H2,23,25,26,29)/t16-/m0/s1. The van der Waals surface area contributed by atoms with Gasteiger partial charge in [-0.05, 0) is 18.1 Å². The van der Waals surface area contributed by atoms with Gasteiger partial charge in [0.25, 0.3) is 0 Å². The number of urea groups is 1. The maximum absolute atomic E-state index is 12.8. The van der Waals surface area contributed by atoms with E-state index in [2.05, 4.69) is 25.7 Å². The summed E-state index contributed by atoms with van der Waals surface area (Å²) in [6, 6.07) is 2.77. The Balaban J connectivity index is 1.92. The molecule has 1 atom stereocenters. The minimum Gasteiger partial charge on any atom is -0.375 e. The summed E-state index contributed by atoms with van der Waals surface area (Å²) < 4.78 is 45.5. The number of ether oxygens (including phenoxy) is 1. The lowest BCUT2D eigenvalue weighted by Crippen LogP contribution is -2.24. The molecule has 160 valence electrons. The minimum absolute atomic E-state index is 0.00160. The highest BCUT2D eigenvalue weighted by Crippen LogP contribution is 2.32. The SMILES string of the molecule is CO[C@H](c1c(NC(=O)Nc2ccnc(C(F)(F)F)c2)cnc2cc(Cl)nn12)C(C)C. The number of methoxy groups -OCH3 is 1. The molecule has 8 nitrogen and oxygen atoms in total. The van der Waals surface area contributed by atoms with Crippen molar-refractivity contribution < 1.29 is 22.7 Å². The molecule has 0 radical (unpaired) electrons. The number of carbonyl (C=O) groups is 1. The number of hydrogen-bond donors (Lipinski definition) is 2. The Labute approximate surface area is 174 Å². The summed E-state index contributed by atoms with van der Waals surface area (Å²) in [4.78, 5) is 19.9. The Morgan fingerprint density at radius 3 is 2.60 bits per heavy atom. The van der Waals surface area contributed by atoms with E-state index in [0.29, 0.717) is 11.3 Å². The van der Waals surface area contributed by atoms with Crippen LogP contribution in [-0.4, -0.2) is 32.7 Å². The lowest BCUT2D eigenvalue weighted by Gasteiger charge is -2.23. The molecule has 0 spiro atoms. The fourth-order valence-corrected chi connectivity index (χ4v) is 3.11. The first kappa shape index (κ1) is 21.8. The van der Waals surface area contributed by atoms with E-state index in [-0.39, 0.29) is 22.4 Å². The lowest BCUT2D eigenvalue weighted by atomic mass is 10.0. The predicted octanol–water partition coefficient (Wildman–Crippen LogP) is 4.78. The number of nitrogens with one attached hydrogen (secondary N) is 2. The Bertz CT molecular complexity index is 1070. The average molecular weight is 443 g/mol. The molecule has 0 bridgehead atoms. The fourth-order valence-electron chi connectivity index (χ4n) is 2.94. The van der Waals surface area contributed by atoms with Gasteiger partial charge in [-0.25, -0.2) is 14.3 Å². The van der Waals surface area contributed by atoms with E-state index in [9.17, 15) is 18.0 Å². The summed E-state index contributed by atoms with van der Waals surface area (Å²) in [5.41, 5.74) is 0.0255. The van der Waals surface area contributed by atoms with Crippen LogP contribution < -0.4 is 10.6 Å². The van der Waals surface area contributed by atoms with Crippen molar-refractivity contribution >= 4 is 34.7 Å². The molecule has 3 aromatic heterocycles. The Kier molecular flexibility index (Phi) is 6.13. The molecule has 0 saturated carbocycles. The molecule has 0 aliphatic heterocycles. The van der Waals surface area contributed by atoms with Crippen molar-refractivity contribution in [3.05, 3.63) is 47.1 Å². The first-order valence-electron chi connectivity index (χ1n) is 8.78. The third kappa shape index (κ3) is 4.62. The van der Waals surface area contributed by atoms with Gasteiger partial charge < -0.3 is 15.4 Å². The summed E-state index contributed by atoms with van der Waals surface area (Å²) in [5.74, 6) is 0.00160. The number of pyridine rings is 1. The number of hydrogen-bond acceptors (Lipinski definition) is 5. The molecule has 0 unspecified atom stereocenters. The molecule has 3 heterocycles. The molecule has 3 aromatic rings. The van der Waals surface area contributed by atoms with Crippen molar-refractivity contribution in [3.63, 3.8) is 0 Å². The second-order valence-electron chi connectivity index (χ2n) is 6.70. The van der Waals surface area contributed by atoms with Gasteiger partial charge in [0.15, 0.2) is 10.8 Å². The molecule has 2 amide bonds. The molecular formula is C18H18ClF3N6O2. The van der Waals surface area contributed by atoms with E-state index in [4.69, 9.17) is 16.3 Å². The Morgan fingerprint density at radius 1 is 1.23 bits per heavy atom. The van der Waals surface area contributed by atoms with Crippen molar-refractivity contribution in [1.29, 1.82) is 0 Å². The molecule has 0 fully saturated rings. The molecule has 0 saturated heterocycles. The molecule has 2 N–H and O–H groups in total. The van der Waals surface area contributed by atoms with E-state index in [1.807, 2.05) is 13.8 Å². The average Bonchev–Trinajstić information content (AvgIpc) is 3.03. The van der Waals surface area contributed by atoms with Crippen LogP contribution in [0, 0.1) is 5.92 Å². The smallest absolute Gasteiger partial charge is 0.375 e. The highest BCUT2D eigenvalue weighted by atomic mass is 35.5. The topological polar surface area (TPSA) is 93.4 Å². The van der Waals surface area contributed by atoms with Gasteiger partial charge in [0.1, 0.15) is 11.8 Å². The third-order valence-electron chi connectivity index (χ3n) is 4.18. The second kappa shape index (κ2) is 8.44. The first-order valence-corrected chi connectivity index (χ1v) is 9.16. The monoisotopic (exact) mass is 442 g/mol. The third-order valence-corrected chi connectivity index (χ3v) is 4.36. The molecule has 0 aromatic carbocycles. The van der Waals surface area contributed by atoms with Gasteiger partial charge in [0.05, 0.1) is 17.6 Å². The molecule has 3 rings (SSSR count). The predicted molar refractivity (Wildman–Crippen MR) is 104 cm³/mol. The van der Waals surface area contributed by atoms with Crippen LogP contribution in [0.15, 0.2) is 30.6 Å². The highest BCUT2D eigenvalue weighted by molar-refractivity contribution is 6.29. The normalized spacial score (nSPS) is 12.9. The van der Waals surface area contributed by atoms with Gasteiger partial charge in [-0.1, -0.05) is 25.4 Å². The van der Waals surface area contributed by atoms with Crippen molar-refractivity contribution in [2.75, 3.05) is 17.7 Å². The van der Waals surface area contributed by atoms with Gasteiger partial charge in [0, 0.05) is 25.1 Å². The maximum Gasteiger partial charge on any atom is 0.433 e. The number of carbonyl (C=O) groups excluding carboxylic acids is 1. The molecular weight excluding hydrogens is 425 g/mol. The summed E-state index contributed by atoms with van der Waals surface area (Å²) in [5, 5.41) is 9.34. The zero-order chi connectivity index (χ0) is 22.1. The van der Waals surface area contributed by atoms with E-state index in [0.717, 1.165) is 12.3 Å².